The normalized spacial score (nSPS) is 11.0. The van der Waals surface area contributed by atoms with Crippen LogP contribution >= 0.6 is 49.9 Å². The van der Waals surface area contributed by atoms with E-state index in [0.29, 0.717) is 0 Å². The second kappa shape index (κ2) is 3.87. The molecule has 2 rings (SSSR count). The van der Waals surface area contributed by atoms with Crippen LogP contribution in [0.2, 0.25) is 0 Å². The number of hydrogen-bond acceptors (Lipinski definition) is 1. The fraction of sp³-hybridized carbons (Fsp3) is 0.200. The summed E-state index contributed by atoms with van der Waals surface area (Å²) in [6, 6.07) is 4.33. The summed E-state index contributed by atoms with van der Waals surface area (Å²) < 4.78 is 4.00. The molecule has 0 radical (unpaired) electrons. The van der Waals surface area contributed by atoms with Gasteiger partial charge >= 0.3 is 0 Å². The van der Waals surface area contributed by atoms with E-state index in [-0.39, 0.29) is 0 Å². The van der Waals surface area contributed by atoms with Crippen molar-refractivity contribution in [1.29, 1.82) is 0 Å². The first kappa shape index (κ1) is 9.93. The number of rotatable bonds is 1. The van der Waals surface area contributed by atoms with Crippen molar-refractivity contribution in [3.63, 3.8) is 0 Å². The van der Waals surface area contributed by atoms with Crippen molar-refractivity contribution in [3.8, 4) is 0 Å². The molecule has 0 unspecified atom stereocenters. The Morgan fingerprint density at radius 2 is 2.23 bits per heavy atom. The fourth-order valence-corrected chi connectivity index (χ4v) is 4.12. The van der Waals surface area contributed by atoms with Crippen LogP contribution in [0.1, 0.15) is 12.5 Å². The lowest BCUT2D eigenvalue weighted by Crippen LogP contribution is -1.84. The molecule has 1 aromatic heterocycles. The van der Waals surface area contributed by atoms with Gasteiger partial charge in [0.1, 0.15) is 0 Å². The van der Waals surface area contributed by atoms with Gasteiger partial charge in [0.2, 0.25) is 0 Å². The predicted molar refractivity (Wildman–Crippen MR) is 71.6 cm³/mol. The number of hydrogen-bond donors (Lipinski definition) is 0. The minimum absolute atomic E-state index is 1.09. The van der Waals surface area contributed by atoms with E-state index < -0.39 is 0 Å². The Morgan fingerprint density at radius 3 is 2.92 bits per heavy atom. The van der Waals surface area contributed by atoms with Crippen LogP contribution in [0.3, 0.4) is 0 Å². The number of benzene rings is 1. The van der Waals surface area contributed by atoms with Crippen LogP contribution in [0.4, 0.5) is 0 Å². The molecular formula is C10H8BrIS. The molecule has 13 heavy (non-hydrogen) atoms. The Bertz CT molecular complexity index is 447. The second-order valence-corrected chi connectivity index (χ2v) is 5.76. The monoisotopic (exact) mass is 366 g/mol. The number of thiophene rings is 1. The lowest BCUT2D eigenvalue weighted by molar-refractivity contribution is 1.15. The molecule has 0 aliphatic heterocycles. The average Bonchev–Trinajstić information content (AvgIpc) is 2.49. The molecule has 2 aromatic rings. The lowest BCUT2D eigenvalue weighted by Gasteiger charge is -2.03. The topological polar surface area (TPSA) is 0 Å². The SMILES string of the molecule is CCc1c(Br)ccc2scc(I)c12. The molecule has 0 amide bonds. The molecule has 0 aliphatic rings. The summed E-state index contributed by atoms with van der Waals surface area (Å²) in [4.78, 5) is 0. The van der Waals surface area contributed by atoms with Crippen molar-refractivity contribution in [2.24, 2.45) is 0 Å². The second-order valence-electron chi connectivity index (χ2n) is 2.84. The molecule has 0 aliphatic carbocycles. The van der Waals surface area contributed by atoms with Crippen molar-refractivity contribution in [3.05, 3.63) is 31.1 Å². The molecule has 0 atom stereocenters. The third kappa shape index (κ3) is 1.66. The maximum absolute atomic E-state index is 3.60. The van der Waals surface area contributed by atoms with E-state index >= 15 is 0 Å². The Morgan fingerprint density at radius 1 is 1.46 bits per heavy atom. The summed E-state index contributed by atoms with van der Waals surface area (Å²) in [5.74, 6) is 0. The van der Waals surface area contributed by atoms with Gasteiger partial charge in [-0.3, -0.25) is 0 Å². The maximum atomic E-state index is 3.60. The third-order valence-electron chi connectivity index (χ3n) is 2.10. The third-order valence-corrected chi connectivity index (χ3v) is 5.06. The summed E-state index contributed by atoms with van der Waals surface area (Å²) in [5.41, 5.74) is 1.43. The van der Waals surface area contributed by atoms with Gasteiger partial charge in [-0.25, -0.2) is 0 Å². The van der Waals surface area contributed by atoms with E-state index in [1.165, 1.54) is 23.7 Å². The molecule has 0 saturated heterocycles. The largest absolute Gasteiger partial charge is 0.143 e. The zero-order valence-corrected chi connectivity index (χ0v) is 11.7. The number of aryl methyl sites for hydroxylation is 1. The minimum Gasteiger partial charge on any atom is -0.143 e. The molecular weight excluding hydrogens is 359 g/mol. The van der Waals surface area contributed by atoms with Crippen LogP contribution in [0.5, 0.6) is 0 Å². The molecule has 0 bridgehead atoms. The highest BCUT2D eigenvalue weighted by Gasteiger charge is 2.08. The Kier molecular flexibility index (Phi) is 2.95. The highest BCUT2D eigenvalue weighted by molar-refractivity contribution is 14.1. The zero-order chi connectivity index (χ0) is 9.42. The van der Waals surface area contributed by atoms with Gasteiger partial charge < -0.3 is 0 Å². The van der Waals surface area contributed by atoms with E-state index in [9.17, 15) is 0 Å². The van der Waals surface area contributed by atoms with Crippen molar-refractivity contribution in [1.82, 2.24) is 0 Å². The quantitative estimate of drug-likeness (QED) is 0.634. The number of fused-ring (bicyclic) bond motifs is 1. The molecule has 0 saturated carbocycles. The standard InChI is InChI=1S/C10H8BrIS/c1-2-6-7(11)3-4-9-10(6)8(12)5-13-9/h3-5H,2H2,1H3. The van der Waals surface area contributed by atoms with Gasteiger partial charge in [0.25, 0.3) is 0 Å². The van der Waals surface area contributed by atoms with Crippen molar-refractivity contribution in [2.45, 2.75) is 13.3 Å². The highest BCUT2D eigenvalue weighted by atomic mass is 127. The van der Waals surface area contributed by atoms with Gasteiger partial charge in [-0.15, -0.1) is 11.3 Å². The van der Waals surface area contributed by atoms with E-state index in [2.05, 4.69) is 63.0 Å². The van der Waals surface area contributed by atoms with E-state index in [1.807, 2.05) is 11.3 Å². The summed E-state index contributed by atoms with van der Waals surface area (Å²) >= 11 is 7.83. The first-order valence-electron chi connectivity index (χ1n) is 4.08. The summed E-state index contributed by atoms with van der Waals surface area (Å²) in [5, 5.41) is 3.65. The summed E-state index contributed by atoms with van der Waals surface area (Å²) in [6.45, 7) is 2.20. The first-order chi connectivity index (χ1) is 6.24. The Labute approximate surface area is 104 Å². The van der Waals surface area contributed by atoms with Crippen LogP contribution in [-0.2, 0) is 6.42 Å². The van der Waals surface area contributed by atoms with Crippen molar-refractivity contribution < 1.29 is 0 Å². The highest BCUT2D eigenvalue weighted by Crippen LogP contribution is 2.34. The van der Waals surface area contributed by atoms with E-state index in [4.69, 9.17) is 0 Å². The summed E-state index contributed by atoms with van der Waals surface area (Å²) in [6.07, 6.45) is 1.09. The van der Waals surface area contributed by atoms with Gasteiger partial charge in [-0.1, -0.05) is 22.9 Å². The first-order valence-corrected chi connectivity index (χ1v) is 6.83. The van der Waals surface area contributed by atoms with Gasteiger partial charge in [0.05, 0.1) is 0 Å². The van der Waals surface area contributed by atoms with Crippen LogP contribution in [0.15, 0.2) is 22.0 Å². The zero-order valence-electron chi connectivity index (χ0n) is 7.10. The van der Waals surface area contributed by atoms with E-state index in [0.717, 1.165) is 6.42 Å². The van der Waals surface area contributed by atoms with E-state index in [1.54, 1.807) is 0 Å². The molecule has 0 nitrogen and oxygen atoms in total. The minimum atomic E-state index is 1.09. The molecule has 3 heteroatoms. The predicted octanol–water partition coefficient (Wildman–Crippen LogP) is 4.83. The van der Waals surface area contributed by atoms with Crippen LogP contribution in [-0.4, -0.2) is 0 Å². The van der Waals surface area contributed by atoms with Crippen LogP contribution in [0, 0.1) is 3.57 Å². The summed E-state index contributed by atoms with van der Waals surface area (Å²) in [7, 11) is 0. The fourth-order valence-electron chi connectivity index (χ4n) is 1.48. The molecule has 1 heterocycles. The lowest BCUT2D eigenvalue weighted by atomic mass is 10.1. The van der Waals surface area contributed by atoms with Gasteiger partial charge in [0, 0.05) is 23.5 Å². The van der Waals surface area contributed by atoms with Gasteiger partial charge in [-0.2, -0.15) is 0 Å². The maximum Gasteiger partial charge on any atom is 0.0357 e. The van der Waals surface area contributed by atoms with Gasteiger partial charge in [-0.05, 0) is 46.7 Å². The molecule has 0 fully saturated rings. The number of halogens is 2. The molecule has 0 N–H and O–H groups in total. The Balaban J connectivity index is 2.88. The molecule has 0 spiro atoms. The smallest absolute Gasteiger partial charge is 0.0357 e. The Hall–Kier alpha value is 0.390. The van der Waals surface area contributed by atoms with Gasteiger partial charge in [0.15, 0.2) is 0 Å². The van der Waals surface area contributed by atoms with Crippen molar-refractivity contribution >= 4 is 59.9 Å². The van der Waals surface area contributed by atoms with Crippen molar-refractivity contribution in [2.75, 3.05) is 0 Å². The van der Waals surface area contributed by atoms with Crippen LogP contribution in [0.25, 0.3) is 10.1 Å². The average molecular weight is 367 g/mol. The molecule has 68 valence electrons. The van der Waals surface area contributed by atoms with Crippen LogP contribution < -0.4 is 0 Å². The molecule has 1 aromatic carbocycles.